The van der Waals surface area contributed by atoms with Gasteiger partial charge in [-0.1, -0.05) is 12.1 Å². The summed E-state index contributed by atoms with van der Waals surface area (Å²) < 4.78 is 2.18. The van der Waals surface area contributed by atoms with E-state index in [1.54, 1.807) is 0 Å². The van der Waals surface area contributed by atoms with Crippen molar-refractivity contribution in [2.24, 2.45) is 0 Å². The van der Waals surface area contributed by atoms with Gasteiger partial charge in [-0.15, -0.1) is 10.2 Å². The Morgan fingerprint density at radius 3 is 2.81 bits per heavy atom. The second-order valence-electron chi connectivity index (χ2n) is 4.16. The summed E-state index contributed by atoms with van der Waals surface area (Å²) >= 11 is 0. The van der Waals surface area contributed by atoms with Crippen LogP contribution in [0.1, 0.15) is 5.82 Å². The second-order valence-corrected chi connectivity index (χ2v) is 4.16. The van der Waals surface area contributed by atoms with Gasteiger partial charge >= 0.3 is 0 Å². The molecule has 1 aromatic carbocycles. The molecule has 0 amide bonds. The van der Waals surface area contributed by atoms with Crippen molar-refractivity contribution in [3.05, 3.63) is 30.1 Å². The molecule has 16 heavy (non-hydrogen) atoms. The van der Waals surface area contributed by atoms with Gasteiger partial charge in [0.05, 0.1) is 0 Å². The molecule has 1 aliphatic heterocycles. The Kier molecular flexibility index (Phi) is 1.96. The van der Waals surface area contributed by atoms with Crippen LogP contribution in [0.15, 0.2) is 24.3 Å². The number of nitrogens with zero attached hydrogens (tertiary/aromatic N) is 4. The number of rotatable bonds is 0. The van der Waals surface area contributed by atoms with Crippen molar-refractivity contribution in [3.8, 4) is 11.4 Å². The third kappa shape index (κ3) is 1.23. The fourth-order valence-corrected chi connectivity index (χ4v) is 2.21. The zero-order chi connectivity index (χ0) is 11.1. The number of para-hydroxylation sites is 1. The quantitative estimate of drug-likeness (QED) is 0.669. The first-order valence-electron chi connectivity index (χ1n) is 5.48. The van der Waals surface area contributed by atoms with Crippen molar-refractivity contribution >= 4 is 5.69 Å². The number of likely N-dealkylation sites (N-methyl/N-ethyl adjacent to an activating group) is 1. The third-order valence-electron chi connectivity index (χ3n) is 3.15. The zero-order valence-corrected chi connectivity index (χ0v) is 9.51. The molecule has 0 spiro atoms. The van der Waals surface area contributed by atoms with Gasteiger partial charge in [-0.05, 0) is 19.1 Å². The number of fused-ring (bicyclic) bond motifs is 3. The Bertz CT molecular complexity index is 530. The van der Waals surface area contributed by atoms with Gasteiger partial charge in [0.15, 0.2) is 5.82 Å². The van der Waals surface area contributed by atoms with Gasteiger partial charge in [0, 0.05) is 31.4 Å². The van der Waals surface area contributed by atoms with Crippen LogP contribution >= 0.6 is 0 Å². The maximum atomic E-state index is 4.28. The molecule has 82 valence electrons. The number of benzene rings is 1. The van der Waals surface area contributed by atoms with E-state index in [1.165, 1.54) is 11.3 Å². The van der Waals surface area contributed by atoms with Crippen molar-refractivity contribution in [1.29, 1.82) is 0 Å². The summed E-state index contributed by atoms with van der Waals surface area (Å²) in [6.07, 6.45) is 0. The molecule has 0 radical (unpaired) electrons. The monoisotopic (exact) mass is 214 g/mol. The molecule has 1 aliphatic rings. The first-order chi connectivity index (χ1) is 7.77. The van der Waals surface area contributed by atoms with Gasteiger partial charge in [0.25, 0.3) is 0 Å². The zero-order valence-electron chi connectivity index (χ0n) is 9.51. The molecule has 0 N–H and O–H groups in total. The molecule has 4 heteroatoms. The van der Waals surface area contributed by atoms with Gasteiger partial charge < -0.3 is 9.47 Å². The number of hydrogen-bond acceptors (Lipinski definition) is 3. The summed E-state index contributed by atoms with van der Waals surface area (Å²) in [5, 5.41) is 8.44. The number of anilines is 1. The molecule has 0 aliphatic carbocycles. The van der Waals surface area contributed by atoms with Crippen molar-refractivity contribution in [2.45, 2.75) is 13.5 Å². The molecule has 1 aromatic heterocycles. The predicted molar refractivity (Wildman–Crippen MR) is 63.5 cm³/mol. The van der Waals surface area contributed by atoms with E-state index in [9.17, 15) is 0 Å². The molecule has 0 unspecified atom stereocenters. The van der Waals surface area contributed by atoms with Crippen LogP contribution in [0.25, 0.3) is 11.4 Å². The first kappa shape index (κ1) is 9.39. The fraction of sp³-hybridized carbons (Fsp3) is 0.333. The molecule has 0 saturated carbocycles. The molecule has 2 heterocycles. The highest BCUT2D eigenvalue weighted by atomic mass is 15.3. The second kappa shape index (κ2) is 3.33. The highest BCUT2D eigenvalue weighted by Gasteiger charge is 2.19. The normalized spacial score (nSPS) is 14.2. The molecule has 0 atom stereocenters. The van der Waals surface area contributed by atoms with Crippen LogP contribution < -0.4 is 4.90 Å². The molecule has 0 bridgehead atoms. The topological polar surface area (TPSA) is 34.0 Å². The minimum atomic E-state index is 0.944. The lowest BCUT2D eigenvalue weighted by Gasteiger charge is -2.18. The minimum Gasteiger partial charge on any atom is -0.372 e. The van der Waals surface area contributed by atoms with Crippen LogP contribution in [0.2, 0.25) is 0 Å². The fourth-order valence-electron chi connectivity index (χ4n) is 2.21. The van der Waals surface area contributed by atoms with Gasteiger partial charge in [-0.25, -0.2) is 0 Å². The van der Waals surface area contributed by atoms with Crippen molar-refractivity contribution in [1.82, 2.24) is 14.8 Å². The number of aromatic nitrogens is 3. The van der Waals surface area contributed by atoms with Crippen LogP contribution in [0.3, 0.4) is 0 Å². The SMILES string of the molecule is Cc1nnc2n1CCN(C)c1ccccc1-2. The maximum absolute atomic E-state index is 4.28. The Hall–Kier alpha value is -1.84. The van der Waals surface area contributed by atoms with Crippen LogP contribution in [0, 0.1) is 6.92 Å². The molecular weight excluding hydrogens is 200 g/mol. The third-order valence-corrected chi connectivity index (χ3v) is 3.15. The van der Waals surface area contributed by atoms with E-state index >= 15 is 0 Å². The lowest BCUT2D eigenvalue weighted by Crippen LogP contribution is -2.21. The first-order valence-corrected chi connectivity index (χ1v) is 5.48. The van der Waals surface area contributed by atoms with Crippen molar-refractivity contribution in [2.75, 3.05) is 18.5 Å². The predicted octanol–water partition coefficient (Wildman–Crippen LogP) is 1.70. The Labute approximate surface area is 94.5 Å². The van der Waals surface area contributed by atoms with E-state index in [-0.39, 0.29) is 0 Å². The minimum absolute atomic E-state index is 0.944. The summed E-state index contributed by atoms with van der Waals surface area (Å²) in [6.45, 7) is 3.94. The Morgan fingerprint density at radius 1 is 1.12 bits per heavy atom. The van der Waals surface area contributed by atoms with Crippen LogP contribution in [-0.4, -0.2) is 28.4 Å². The number of aryl methyl sites for hydroxylation is 1. The maximum Gasteiger partial charge on any atom is 0.166 e. The van der Waals surface area contributed by atoms with Crippen molar-refractivity contribution < 1.29 is 0 Å². The lowest BCUT2D eigenvalue weighted by atomic mass is 10.1. The van der Waals surface area contributed by atoms with Crippen LogP contribution in [-0.2, 0) is 6.54 Å². The Morgan fingerprint density at radius 2 is 1.94 bits per heavy atom. The molecule has 0 saturated heterocycles. The average molecular weight is 214 g/mol. The standard InChI is InChI=1S/C12H14N4/c1-9-13-14-12-10-5-3-4-6-11(10)15(2)7-8-16(9)12/h3-6H,7-8H2,1-2H3. The average Bonchev–Trinajstić information content (AvgIpc) is 2.60. The molecule has 2 aromatic rings. The lowest BCUT2D eigenvalue weighted by molar-refractivity contribution is 0.679. The van der Waals surface area contributed by atoms with E-state index in [0.29, 0.717) is 0 Å². The largest absolute Gasteiger partial charge is 0.372 e. The van der Waals surface area contributed by atoms with Crippen LogP contribution in [0.4, 0.5) is 5.69 Å². The van der Waals surface area contributed by atoms with Gasteiger partial charge in [-0.2, -0.15) is 0 Å². The summed E-state index contributed by atoms with van der Waals surface area (Å²) in [4.78, 5) is 2.27. The van der Waals surface area contributed by atoms with E-state index in [2.05, 4.69) is 44.9 Å². The van der Waals surface area contributed by atoms with Gasteiger partial charge in [-0.3, -0.25) is 0 Å². The highest BCUT2D eigenvalue weighted by Crippen LogP contribution is 2.31. The van der Waals surface area contributed by atoms with E-state index in [0.717, 1.165) is 24.7 Å². The van der Waals surface area contributed by atoms with E-state index in [1.807, 2.05) is 13.0 Å². The Balaban J connectivity index is 2.28. The smallest absolute Gasteiger partial charge is 0.166 e. The van der Waals surface area contributed by atoms with Gasteiger partial charge in [0.2, 0.25) is 0 Å². The molecular formula is C12H14N4. The summed E-state index contributed by atoms with van der Waals surface area (Å²) in [6, 6.07) is 8.35. The highest BCUT2D eigenvalue weighted by molar-refractivity contribution is 5.75. The summed E-state index contributed by atoms with van der Waals surface area (Å²) in [7, 11) is 2.12. The summed E-state index contributed by atoms with van der Waals surface area (Å²) in [5.41, 5.74) is 2.40. The van der Waals surface area contributed by atoms with E-state index < -0.39 is 0 Å². The molecule has 3 rings (SSSR count). The number of hydrogen-bond donors (Lipinski definition) is 0. The van der Waals surface area contributed by atoms with Crippen LogP contribution in [0.5, 0.6) is 0 Å². The van der Waals surface area contributed by atoms with Crippen molar-refractivity contribution in [3.63, 3.8) is 0 Å². The molecule has 4 nitrogen and oxygen atoms in total. The molecule has 0 fully saturated rings. The van der Waals surface area contributed by atoms with Gasteiger partial charge in [0.1, 0.15) is 5.82 Å². The van der Waals surface area contributed by atoms with E-state index in [4.69, 9.17) is 0 Å². The summed E-state index contributed by atoms with van der Waals surface area (Å²) in [5.74, 6) is 1.97.